The van der Waals surface area contributed by atoms with Gasteiger partial charge in [-0.15, -0.1) is 11.3 Å². The molecule has 1 N–H and O–H groups in total. The first-order chi connectivity index (χ1) is 8.50. The number of thiophene rings is 1. The van der Waals surface area contributed by atoms with Crippen molar-refractivity contribution in [2.24, 2.45) is 0 Å². The van der Waals surface area contributed by atoms with Crippen LogP contribution in [0.15, 0.2) is 10.3 Å². The van der Waals surface area contributed by atoms with Gasteiger partial charge in [0.25, 0.3) is 10.0 Å². The van der Waals surface area contributed by atoms with Gasteiger partial charge in [0, 0.05) is 17.5 Å². The standard InChI is InChI=1S/C12H19NO3S2/c1-3-6-13(10-4-5-10)18(15,16)12-7-9(2)11(8-14)17-12/h7,10,14H,3-6,8H2,1-2H3. The summed E-state index contributed by atoms with van der Waals surface area (Å²) in [6, 6.07) is 1.87. The highest BCUT2D eigenvalue weighted by Crippen LogP contribution is 2.35. The summed E-state index contributed by atoms with van der Waals surface area (Å²) in [6.07, 6.45) is 2.76. The van der Waals surface area contributed by atoms with Gasteiger partial charge in [0.1, 0.15) is 4.21 Å². The summed E-state index contributed by atoms with van der Waals surface area (Å²) >= 11 is 1.19. The van der Waals surface area contributed by atoms with Gasteiger partial charge in [-0.25, -0.2) is 8.42 Å². The number of aliphatic hydroxyl groups is 1. The van der Waals surface area contributed by atoms with Crippen LogP contribution in [0.1, 0.15) is 36.6 Å². The third-order valence-corrected chi connectivity index (χ3v) is 6.73. The molecule has 0 amide bonds. The molecule has 6 heteroatoms. The van der Waals surface area contributed by atoms with E-state index in [2.05, 4.69) is 0 Å². The van der Waals surface area contributed by atoms with Gasteiger partial charge in [0.2, 0.25) is 0 Å². The largest absolute Gasteiger partial charge is 0.391 e. The number of aryl methyl sites for hydroxylation is 1. The monoisotopic (exact) mass is 289 g/mol. The molecule has 2 rings (SSSR count). The number of sulfonamides is 1. The van der Waals surface area contributed by atoms with Crippen LogP contribution in [0, 0.1) is 6.92 Å². The van der Waals surface area contributed by atoms with E-state index < -0.39 is 10.0 Å². The highest BCUT2D eigenvalue weighted by Gasteiger charge is 2.38. The minimum absolute atomic E-state index is 0.0940. The quantitative estimate of drug-likeness (QED) is 0.872. The predicted octanol–water partition coefficient (Wildman–Crippen LogP) is 2.11. The van der Waals surface area contributed by atoms with Gasteiger partial charge in [-0.05, 0) is 37.8 Å². The Hall–Kier alpha value is -0.430. The highest BCUT2D eigenvalue weighted by atomic mass is 32.2. The molecule has 1 aromatic rings. The van der Waals surface area contributed by atoms with Gasteiger partial charge in [0.15, 0.2) is 0 Å². The molecule has 0 spiro atoms. The lowest BCUT2D eigenvalue weighted by Gasteiger charge is -2.20. The van der Waals surface area contributed by atoms with Crippen molar-refractivity contribution in [1.29, 1.82) is 0 Å². The van der Waals surface area contributed by atoms with E-state index in [1.165, 1.54) is 11.3 Å². The Morgan fingerprint density at radius 3 is 2.61 bits per heavy atom. The Balaban J connectivity index is 2.33. The van der Waals surface area contributed by atoms with E-state index in [1.54, 1.807) is 10.4 Å². The zero-order valence-corrected chi connectivity index (χ0v) is 12.4. The second-order valence-electron chi connectivity index (χ2n) is 4.68. The highest BCUT2D eigenvalue weighted by molar-refractivity contribution is 7.91. The minimum atomic E-state index is -3.37. The van der Waals surface area contributed by atoms with Crippen LogP contribution in [0.5, 0.6) is 0 Å². The fraction of sp³-hybridized carbons (Fsp3) is 0.667. The van der Waals surface area contributed by atoms with Gasteiger partial charge >= 0.3 is 0 Å². The molecule has 1 saturated carbocycles. The van der Waals surface area contributed by atoms with Gasteiger partial charge in [0.05, 0.1) is 6.61 Å². The van der Waals surface area contributed by atoms with E-state index in [0.717, 1.165) is 29.7 Å². The van der Waals surface area contributed by atoms with Crippen LogP contribution in [0.25, 0.3) is 0 Å². The van der Waals surface area contributed by atoms with Crippen molar-refractivity contribution in [2.75, 3.05) is 6.54 Å². The van der Waals surface area contributed by atoms with Crippen LogP contribution < -0.4 is 0 Å². The van der Waals surface area contributed by atoms with Gasteiger partial charge in [-0.1, -0.05) is 6.92 Å². The maximum atomic E-state index is 12.5. The maximum absolute atomic E-state index is 12.5. The topological polar surface area (TPSA) is 57.6 Å². The molecule has 102 valence electrons. The Kier molecular flexibility index (Phi) is 4.11. The van der Waals surface area contributed by atoms with Crippen molar-refractivity contribution in [3.8, 4) is 0 Å². The first kappa shape index (κ1) is 14.0. The number of rotatable bonds is 6. The van der Waals surface area contributed by atoms with E-state index in [0.29, 0.717) is 10.8 Å². The zero-order valence-electron chi connectivity index (χ0n) is 10.7. The molecule has 1 aromatic heterocycles. The first-order valence-corrected chi connectivity index (χ1v) is 8.48. The number of hydrogen-bond acceptors (Lipinski definition) is 4. The number of hydrogen-bond donors (Lipinski definition) is 1. The molecule has 0 radical (unpaired) electrons. The van der Waals surface area contributed by atoms with Crippen LogP contribution >= 0.6 is 11.3 Å². The number of nitrogens with zero attached hydrogens (tertiary/aromatic N) is 1. The molecule has 1 fully saturated rings. The zero-order chi connectivity index (χ0) is 13.3. The summed E-state index contributed by atoms with van der Waals surface area (Å²) in [6.45, 7) is 4.31. The molecule has 0 atom stereocenters. The molecule has 1 aliphatic carbocycles. The van der Waals surface area contributed by atoms with Crippen LogP contribution in [-0.2, 0) is 16.6 Å². The lowest BCUT2D eigenvalue weighted by molar-refractivity contribution is 0.285. The third kappa shape index (κ3) is 2.61. The van der Waals surface area contributed by atoms with Crippen molar-refractivity contribution in [1.82, 2.24) is 4.31 Å². The minimum Gasteiger partial charge on any atom is -0.391 e. The normalized spacial score (nSPS) is 16.4. The maximum Gasteiger partial charge on any atom is 0.252 e. The van der Waals surface area contributed by atoms with E-state index in [-0.39, 0.29) is 12.6 Å². The van der Waals surface area contributed by atoms with Crippen LogP contribution in [0.2, 0.25) is 0 Å². The van der Waals surface area contributed by atoms with E-state index in [4.69, 9.17) is 5.11 Å². The van der Waals surface area contributed by atoms with Crippen molar-refractivity contribution >= 4 is 21.4 Å². The van der Waals surface area contributed by atoms with Crippen LogP contribution in [0.3, 0.4) is 0 Å². The van der Waals surface area contributed by atoms with Crippen LogP contribution in [-0.4, -0.2) is 30.4 Å². The predicted molar refractivity (Wildman–Crippen MR) is 72.2 cm³/mol. The van der Waals surface area contributed by atoms with Gasteiger partial charge in [-0.3, -0.25) is 0 Å². The van der Waals surface area contributed by atoms with E-state index in [9.17, 15) is 8.42 Å². The van der Waals surface area contributed by atoms with Crippen molar-refractivity contribution in [2.45, 2.75) is 50.0 Å². The van der Waals surface area contributed by atoms with Gasteiger partial charge in [-0.2, -0.15) is 4.31 Å². The number of aliphatic hydroxyl groups excluding tert-OH is 1. The Morgan fingerprint density at radius 1 is 1.50 bits per heavy atom. The van der Waals surface area contributed by atoms with E-state index in [1.807, 2.05) is 13.8 Å². The molecule has 0 aliphatic heterocycles. The molecule has 0 bridgehead atoms. The smallest absolute Gasteiger partial charge is 0.252 e. The molecular weight excluding hydrogens is 270 g/mol. The molecule has 18 heavy (non-hydrogen) atoms. The van der Waals surface area contributed by atoms with Crippen LogP contribution in [0.4, 0.5) is 0 Å². The Morgan fingerprint density at radius 2 is 2.17 bits per heavy atom. The average molecular weight is 289 g/mol. The summed E-state index contributed by atoms with van der Waals surface area (Å²) in [4.78, 5) is 0.737. The summed E-state index contributed by atoms with van der Waals surface area (Å²) in [5.74, 6) is 0. The third-order valence-electron chi connectivity index (χ3n) is 3.10. The summed E-state index contributed by atoms with van der Waals surface area (Å²) in [7, 11) is -3.37. The SMILES string of the molecule is CCCN(C1CC1)S(=O)(=O)c1cc(C)c(CO)s1. The second-order valence-corrected chi connectivity index (χ2v) is 7.93. The van der Waals surface area contributed by atoms with Crippen molar-refractivity contribution < 1.29 is 13.5 Å². The lowest BCUT2D eigenvalue weighted by atomic mass is 10.3. The molecular formula is C12H19NO3S2. The molecule has 1 heterocycles. The average Bonchev–Trinajstić information content (AvgIpc) is 3.08. The fourth-order valence-corrected chi connectivity index (χ4v) is 5.33. The van der Waals surface area contributed by atoms with Gasteiger partial charge < -0.3 is 5.11 Å². The van der Waals surface area contributed by atoms with Crippen molar-refractivity contribution in [3.05, 3.63) is 16.5 Å². The fourth-order valence-electron chi connectivity index (χ4n) is 1.97. The molecule has 0 unspecified atom stereocenters. The first-order valence-electron chi connectivity index (χ1n) is 6.22. The molecule has 4 nitrogen and oxygen atoms in total. The Bertz CT molecular complexity index is 517. The lowest BCUT2D eigenvalue weighted by Crippen LogP contribution is -2.33. The van der Waals surface area contributed by atoms with Crippen molar-refractivity contribution in [3.63, 3.8) is 0 Å². The Labute approximate surface area is 112 Å². The van der Waals surface area contributed by atoms with E-state index >= 15 is 0 Å². The summed E-state index contributed by atoms with van der Waals surface area (Å²) in [5.41, 5.74) is 0.855. The second kappa shape index (κ2) is 5.28. The molecule has 1 aliphatic rings. The molecule has 0 saturated heterocycles. The summed E-state index contributed by atoms with van der Waals surface area (Å²) in [5, 5.41) is 9.16. The molecule has 0 aromatic carbocycles. The summed E-state index contributed by atoms with van der Waals surface area (Å²) < 4.78 is 27.1.